The van der Waals surface area contributed by atoms with E-state index < -0.39 is 0 Å². The molecule has 2 aromatic heterocycles. The van der Waals surface area contributed by atoms with Crippen LogP contribution < -0.4 is 20.1 Å². The lowest BCUT2D eigenvalue weighted by Crippen LogP contribution is -2.11. The number of thiazole rings is 1. The highest BCUT2D eigenvalue weighted by molar-refractivity contribution is 7.17. The number of hydrogen-bond acceptors (Lipinski definition) is 7. The van der Waals surface area contributed by atoms with Crippen molar-refractivity contribution in [3.63, 3.8) is 0 Å². The monoisotopic (exact) mass is 384 g/mol. The number of anilines is 3. The molecule has 0 saturated heterocycles. The third kappa shape index (κ3) is 4.35. The Morgan fingerprint density at radius 1 is 1.11 bits per heavy atom. The number of rotatable bonds is 6. The largest absolute Gasteiger partial charge is 0.497 e. The Morgan fingerprint density at radius 3 is 2.44 bits per heavy atom. The summed E-state index contributed by atoms with van der Waals surface area (Å²) >= 11 is 1.27. The quantitative estimate of drug-likeness (QED) is 0.663. The fourth-order valence-corrected chi connectivity index (χ4v) is 3.31. The molecule has 0 fully saturated rings. The van der Waals surface area contributed by atoms with Gasteiger partial charge in [0.1, 0.15) is 22.2 Å². The van der Waals surface area contributed by atoms with Crippen LogP contribution in [-0.4, -0.2) is 30.1 Å². The molecule has 0 atom stereocenters. The van der Waals surface area contributed by atoms with Gasteiger partial charge >= 0.3 is 0 Å². The Kier molecular flexibility index (Phi) is 5.56. The van der Waals surface area contributed by atoms with Crippen molar-refractivity contribution in [1.82, 2.24) is 9.97 Å². The van der Waals surface area contributed by atoms with Gasteiger partial charge in [-0.25, -0.2) is 9.97 Å². The molecule has 27 heavy (non-hydrogen) atoms. The molecule has 0 saturated carbocycles. The SMILES string of the molecule is COc1cc(NC(=O)c2sc(Nc3ncccc3C)nc2C)cc(OC)c1. The van der Waals surface area contributed by atoms with E-state index in [0.29, 0.717) is 32.9 Å². The van der Waals surface area contributed by atoms with E-state index in [-0.39, 0.29) is 5.91 Å². The fraction of sp³-hybridized carbons (Fsp3) is 0.211. The molecule has 140 valence electrons. The average Bonchev–Trinajstić information content (AvgIpc) is 3.03. The number of methoxy groups -OCH3 is 2. The van der Waals surface area contributed by atoms with E-state index in [1.165, 1.54) is 11.3 Å². The van der Waals surface area contributed by atoms with E-state index in [1.54, 1.807) is 45.5 Å². The minimum Gasteiger partial charge on any atom is -0.497 e. The summed E-state index contributed by atoms with van der Waals surface area (Å²) in [6.45, 7) is 3.76. The van der Waals surface area contributed by atoms with Gasteiger partial charge in [0.15, 0.2) is 5.13 Å². The van der Waals surface area contributed by atoms with Crippen molar-refractivity contribution in [1.29, 1.82) is 0 Å². The molecule has 1 aromatic carbocycles. The molecule has 2 N–H and O–H groups in total. The van der Waals surface area contributed by atoms with Crippen molar-refractivity contribution in [2.24, 2.45) is 0 Å². The predicted octanol–water partition coefficient (Wildman–Crippen LogP) is 4.17. The van der Waals surface area contributed by atoms with Crippen molar-refractivity contribution in [3.8, 4) is 11.5 Å². The molecule has 0 unspecified atom stereocenters. The van der Waals surface area contributed by atoms with Crippen LogP contribution in [0.5, 0.6) is 11.5 Å². The highest BCUT2D eigenvalue weighted by Gasteiger charge is 2.17. The standard InChI is InChI=1S/C19H20N4O3S/c1-11-6-5-7-20-17(11)23-19-21-12(2)16(27-19)18(24)22-13-8-14(25-3)10-15(9-13)26-4/h5-10H,1-4H3,(H,22,24)(H,20,21,23). The van der Waals surface area contributed by atoms with E-state index in [1.807, 2.05) is 19.1 Å². The van der Waals surface area contributed by atoms with Crippen molar-refractivity contribution in [2.75, 3.05) is 24.9 Å². The molecule has 8 heteroatoms. The predicted molar refractivity (Wildman–Crippen MR) is 107 cm³/mol. The summed E-state index contributed by atoms with van der Waals surface area (Å²) in [6.07, 6.45) is 1.71. The van der Waals surface area contributed by atoms with Crippen LogP contribution >= 0.6 is 11.3 Å². The van der Waals surface area contributed by atoms with Crippen molar-refractivity contribution < 1.29 is 14.3 Å². The maximum absolute atomic E-state index is 12.7. The Labute approximate surface area is 161 Å². The van der Waals surface area contributed by atoms with Crippen LogP contribution in [0, 0.1) is 13.8 Å². The van der Waals surface area contributed by atoms with Crippen molar-refractivity contribution in [2.45, 2.75) is 13.8 Å². The molecular formula is C19H20N4O3S. The minimum atomic E-state index is -0.244. The van der Waals surface area contributed by atoms with Gasteiger partial charge in [-0.15, -0.1) is 0 Å². The molecule has 3 aromatic rings. The van der Waals surface area contributed by atoms with Gasteiger partial charge in [0.05, 0.1) is 19.9 Å². The van der Waals surface area contributed by atoms with E-state index in [9.17, 15) is 4.79 Å². The molecule has 0 bridgehead atoms. The summed E-state index contributed by atoms with van der Waals surface area (Å²) in [5.41, 5.74) is 2.22. The summed E-state index contributed by atoms with van der Waals surface area (Å²) in [7, 11) is 3.12. The molecule has 7 nitrogen and oxygen atoms in total. The Morgan fingerprint density at radius 2 is 1.81 bits per heavy atom. The molecule has 1 amide bonds. The first-order valence-electron chi connectivity index (χ1n) is 8.20. The Hall–Kier alpha value is -3.13. The minimum absolute atomic E-state index is 0.244. The number of hydrogen-bond donors (Lipinski definition) is 2. The zero-order valence-corrected chi connectivity index (χ0v) is 16.3. The van der Waals surface area contributed by atoms with Crippen LogP contribution in [0.3, 0.4) is 0 Å². The molecular weight excluding hydrogens is 364 g/mol. The normalized spacial score (nSPS) is 10.4. The second-order valence-corrected chi connectivity index (χ2v) is 6.78. The summed E-state index contributed by atoms with van der Waals surface area (Å²) < 4.78 is 10.5. The van der Waals surface area contributed by atoms with Crippen LogP contribution in [-0.2, 0) is 0 Å². The number of aromatic nitrogens is 2. The topological polar surface area (TPSA) is 85.4 Å². The lowest BCUT2D eigenvalue weighted by Gasteiger charge is -2.09. The number of carbonyl (C=O) groups is 1. The lowest BCUT2D eigenvalue weighted by molar-refractivity contribution is 0.103. The first kappa shape index (κ1) is 18.7. The van der Waals surface area contributed by atoms with Crippen LogP contribution in [0.25, 0.3) is 0 Å². The molecule has 0 aliphatic carbocycles. The number of nitrogens with zero attached hydrogens (tertiary/aromatic N) is 2. The first-order chi connectivity index (χ1) is 13.0. The van der Waals surface area contributed by atoms with Crippen LogP contribution in [0.2, 0.25) is 0 Å². The van der Waals surface area contributed by atoms with Gasteiger partial charge in [0, 0.05) is 30.1 Å². The molecule has 2 heterocycles. The van der Waals surface area contributed by atoms with Gasteiger partial charge in [-0.1, -0.05) is 17.4 Å². The third-order valence-corrected chi connectivity index (χ3v) is 4.92. The van der Waals surface area contributed by atoms with Crippen molar-refractivity contribution >= 4 is 33.9 Å². The van der Waals surface area contributed by atoms with Crippen LogP contribution in [0.1, 0.15) is 20.9 Å². The Balaban J connectivity index is 1.80. The zero-order valence-electron chi connectivity index (χ0n) is 15.5. The smallest absolute Gasteiger partial charge is 0.267 e. The number of carbonyl (C=O) groups excluding carboxylic acids is 1. The number of ether oxygens (including phenoxy) is 2. The summed E-state index contributed by atoms with van der Waals surface area (Å²) in [6, 6.07) is 9.03. The highest BCUT2D eigenvalue weighted by atomic mass is 32.1. The van der Waals surface area contributed by atoms with Crippen LogP contribution in [0.15, 0.2) is 36.5 Å². The van der Waals surface area contributed by atoms with Gasteiger partial charge in [-0.3, -0.25) is 4.79 Å². The third-order valence-electron chi connectivity index (χ3n) is 3.85. The Bertz CT molecular complexity index is 949. The van der Waals surface area contributed by atoms with Gasteiger partial charge in [0.2, 0.25) is 0 Å². The maximum Gasteiger partial charge on any atom is 0.267 e. The molecule has 0 radical (unpaired) electrons. The van der Waals surface area contributed by atoms with Crippen LogP contribution in [0.4, 0.5) is 16.6 Å². The molecule has 0 aliphatic heterocycles. The number of nitrogens with one attached hydrogen (secondary N) is 2. The van der Waals surface area contributed by atoms with E-state index in [2.05, 4.69) is 20.6 Å². The summed E-state index contributed by atoms with van der Waals surface area (Å²) in [5, 5.41) is 6.64. The number of benzene rings is 1. The second kappa shape index (κ2) is 8.05. The molecule has 3 rings (SSSR count). The highest BCUT2D eigenvalue weighted by Crippen LogP contribution is 2.29. The summed E-state index contributed by atoms with van der Waals surface area (Å²) in [4.78, 5) is 21.9. The second-order valence-electron chi connectivity index (χ2n) is 5.78. The first-order valence-corrected chi connectivity index (χ1v) is 9.02. The summed E-state index contributed by atoms with van der Waals surface area (Å²) in [5.74, 6) is 1.67. The number of pyridine rings is 1. The zero-order chi connectivity index (χ0) is 19.4. The molecule has 0 spiro atoms. The van der Waals surface area contributed by atoms with Gasteiger partial charge in [-0.05, 0) is 25.5 Å². The van der Waals surface area contributed by atoms with Gasteiger partial charge < -0.3 is 20.1 Å². The van der Waals surface area contributed by atoms with E-state index in [0.717, 1.165) is 11.4 Å². The number of aryl methyl sites for hydroxylation is 2. The van der Waals surface area contributed by atoms with Gasteiger partial charge in [-0.2, -0.15) is 0 Å². The maximum atomic E-state index is 12.7. The lowest BCUT2D eigenvalue weighted by atomic mass is 10.2. The van der Waals surface area contributed by atoms with E-state index in [4.69, 9.17) is 9.47 Å². The van der Waals surface area contributed by atoms with E-state index >= 15 is 0 Å². The average molecular weight is 384 g/mol. The fourth-order valence-electron chi connectivity index (χ4n) is 2.45. The van der Waals surface area contributed by atoms with Crippen molar-refractivity contribution in [3.05, 3.63) is 52.7 Å². The van der Waals surface area contributed by atoms with Gasteiger partial charge in [0.25, 0.3) is 5.91 Å². The number of amides is 1. The molecule has 0 aliphatic rings.